The van der Waals surface area contributed by atoms with Crippen LogP contribution in [0, 0.1) is 5.82 Å². The van der Waals surface area contributed by atoms with Crippen LogP contribution in [0.15, 0.2) is 18.3 Å². The van der Waals surface area contributed by atoms with E-state index in [0.29, 0.717) is 11.8 Å². The number of carbonyl (C=O) groups excluding carboxylic acids is 1. The second-order valence-electron chi connectivity index (χ2n) is 2.04. The third-order valence-corrected chi connectivity index (χ3v) is 1.46. The molecule has 12 heavy (non-hydrogen) atoms. The molecular formula is C8H5ClFNO. The van der Waals surface area contributed by atoms with E-state index < -0.39 is 5.82 Å². The van der Waals surface area contributed by atoms with Crippen molar-refractivity contribution in [1.29, 1.82) is 0 Å². The summed E-state index contributed by atoms with van der Waals surface area (Å²) in [5.41, 5.74) is 0.504. The summed E-state index contributed by atoms with van der Waals surface area (Å²) in [7, 11) is 0. The van der Waals surface area contributed by atoms with E-state index in [0.717, 1.165) is 0 Å². The van der Waals surface area contributed by atoms with Crippen molar-refractivity contribution in [3.63, 3.8) is 0 Å². The van der Waals surface area contributed by atoms with Gasteiger partial charge in [0.05, 0.1) is 0 Å². The van der Waals surface area contributed by atoms with Crippen molar-refractivity contribution in [2.45, 2.75) is 0 Å². The van der Waals surface area contributed by atoms with Gasteiger partial charge >= 0.3 is 0 Å². The zero-order valence-corrected chi connectivity index (χ0v) is 6.75. The molecule has 2 nitrogen and oxygen atoms in total. The van der Waals surface area contributed by atoms with Crippen LogP contribution in [0.25, 0.3) is 6.08 Å². The van der Waals surface area contributed by atoms with E-state index in [9.17, 15) is 9.18 Å². The summed E-state index contributed by atoms with van der Waals surface area (Å²) >= 11 is 5.33. The number of rotatable bonds is 2. The Morgan fingerprint density at radius 2 is 2.33 bits per heavy atom. The molecule has 1 aromatic heterocycles. The van der Waals surface area contributed by atoms with Crippen molar-refractivity contribution >= 4 is 24.0 Å². The molecular weight excluding hydrogens is 181 g/mol. The van der Waals surface area contributed by atoms with Gasteiger partial charge in [-0.2, -0.15) is 0 Å². The molecule has 4 heteroatoms. The molecule has 1 heterocycles. The van der Waals surface area contributed by atoms with Gasteiger partial charge in [0, 0.05) is 6.20 Å². The minimum absolute atomic E-state index is 0.168. The summed E-state index contributed by atoms with van der Waals surface area (Å²) in [6, 6.07) is 1.20. The van der Waals surface area contributed by atoms with Gasteiger partial charge in [-0.25, -0.2) is 9.37 Å². The standard InChI is InChI=1S/C8H5ClFNO/c9-8-7(10)4-6(5-11-8)2-1-3-12/h1-5H/b2-1+. The average Bonchev–Trinajstić information content (AvgIpc) is 2.07. The topological polar surface area (TPSA) is 30.0 Å². The Hall–Kier alpha value is -1.22. The molecule has 0 aliphatic carbocycles. The van der Waals surface area contributed by atoms with Crippen molar-refractivity contribution in [2.75, 3.05) is 0 Å². The lowest BCUT2D eigenvalue weighted by atomic mass is 10.2. The number of hydrogen-bond donors (Lipinski definition) is 0. The first kappa shape index (κ1) is 8.87. The number of aldehydes is 1. The summed E-state index contributed by atoms with van der Waals surface area (Å²) in [5, 5.41) is -0.168. The number of aromatic nitrogens is 1. The molecule has 0 atom stereocenters. The van der Waals surface area contributed by atoms with Crippen molar-refractivity contribution in [3.8, 4) is 0 Å². The predicted octanol–water partition coefficient (Wildman–Crippen LogP) is 2.09. The maximum Gasteiger partial charge on any atom is 0.164 e. The Labute approximate surface area is 73.7 Å². The van der Waals surface area contributed by atoms with Gasteiger partial charge in [0.2, 0.25) is 0 Å². The maximum absolute atomic E-state index is 12.7. The van der Waals surface area contributed by atoms with Crippen molar-refractivity contribution < 1.29 is 9.18 Å². The molecule has 0 radical (unpaired) electrons. The summed E-state index contributed by atoms with van der Waals surface area (Å²) < 4.78 is 12.7. The van der Waals surface area contributed by atoms with E-state index >= 15 is 0 Å². The van der Waals surface area contributed by atoms with Crippen molar-refractivity contribution in [2.24, 2.45) is 0 Å². The van der Waals surface area contributed by atoms with E-state index in [1.165, 1.54) is 24.4 Å². The summed E-state index contributed by atoms with van der Waals surface area (Å²) in [6.45, 7) is 0. The molecule has 0 bridgehead atoms. The highest BCUT2D eigenvalue weighted by molar-refractivity contribution is 6.29. The van der Waals surface area contributed by atoms with Crippen LogP contribution in [-0.4, -0.2) is 11.3 Å². The third-order valence-electron chi connectivity index (χ3n) is 1.18. The second kappa shape index (κ2) is 3.97. The number of halogens is 2. The molecule has 0 spiro atoms. The average molecular weight is 186 g/mol. The van der Waals surface area contributed by atoms with Crippen LogP contribution < -0.4 is 0 Å². The van der Waals surface area contributed by atoms with Gasteiger partial charge in [-0.1, -0.05) is 17.7 Å². The molecule has 0 aliphatic rings. The highest BCUT2D eigenvalue weighted by Crippen LogP contribution is 2.12. The van der Waals surface area contributed by atoms with Crippen LogP contribution in [-0.2, 0) is 4.79 Å². The highest BCUT2D eigenvalue weighted by atomic mass is 35.5. The van der Waals surface area contributed by atoms with Gasteiger partial charge < -0.3 is 0 Å². The Morgan fingerprint density at radius 1 is 1.58 bits per heavy atom. The minimum atomic E-state index is -0.593. The van der Waals surface area contributed by atoms with Crippen LogP contribution in [0.1, 0.15) is 5.56 Å². The van der Waals surface area contributed by atoms with Crippen LogP contribution in [0.3, 0.4) is 0 Å². The molecule has 1 rings (SSSR count). The maximum atomic E-state index is 12.7. The van der Waals surface area contributed by atoms with Crippen molar-refractivity contribution in [3.05, 3.63) is 34.9 Å². The quantitative estimate of drug-likeness (QED) is 0.401. The van der Waals surface area contributed by atoms with Gasteiger partial charge in [-0.3, -0.25) is 4.79 Å². The fourth-order valence-corrected chi connectivity index (χ4v) is 0.781. The molecule has 0 amide bonds. The van der Waals surface area contributed by atoms with Crippen LogP contribution in [0.4, 0.5) is 4.39 Å². The SMILES string of the molecule is O=C/C=C/c1cnc(Cl)c(F)c1. The van der Waals surface area contributed by atoms with Crippen LogP contribution >= 0.6 is 11.6 Å². The number of carbonyl (C=O) groups is 1. The van der Waals surface area contributed by atoms with E-state index in [1.54, 1.807) is 0 Å². The molecule has 62 valence electrons. The lowest BCUT2D eigenvalue weighted by molar-refractivity contribution is -0.104. The molecule has 0 saturated carbocycles. The fraction of sp³-hybridized carbons (Fsp3) is 0. The Balaban J connectivity index is 2.96. The monoisotopic (exact) mass is 185 g/mol. The first-order valence-corrected chi connectivity index (χ1v) is 3.54. The van der Waals surface area contributed by atoms with Gasteiger partial charge in [-0.15, -0.1) is 0 Å². The fourth-order valence-electron chi connectivity index (χ4n) is 0.678. The van der Waals surface area contributed by atoms with E-state index in [2.05, 4.69) is 4.98 Å². The predicted molar refractivity (Wildman–Crippen MR) is 44.3 cm³/mol. The lowest BCUT2D eigenvalue weighted by Crippen LogP contribution is -1.83. The first-order valence-electron chi connectivity index (χ1n) is 3.17. The van der Waals surface area contributed by atoms with Crippen LogP contribution in [0.2, 0.25) is 5.15 Å². The molecule has 0 saturated heterocycles. The lowest BCUT2D eigenvalue weighted by Gasteiger charge is -1.93. The summed E-state index contributed by atoms with van der Waals surface area (Å²) in [4.78, 5) is 13.5. The molecule has 0 aliphatic heterocycles. The number of allylic oxidation sites excluding steroid dienone is 1. The molecule has 0 unspecified atom stereocenters. The smallest absolute Gasteiger partial charge is 0.164 e. The van der Waals surface area contributed by atoms with Crippen molar-refractivity contribution in [1.82, 2.24) is 4.98 Å². The number of pyridine rings is 1. The molecule has 0 N–H and O–H groups in total. The zero-order chi connectivity index (χ0) is 8.97. The van der Waals surface area contributed by atoms with Gasteiger partial charge in [0.15, 0.2) is 11.0 Å². The van der Waals surface area contributed by atoms with Crippen LogP contribution in [0.5, 0.6) is 0 Å². The number of nitrogens with zero attached hydrogens (tertiary/aromatic N) is 1. The highest BCUT2D eigenvalue weighted by Gasteiger charge is 1.99. The van der Waals surface area contributed by atoms with E-state index in [-0.39, 0.29) is 5.15 Å². The largest absolute Gasteiger partial charge is 0.299 e. The Kier molecular flexibility index (Phi) is 2.94. The Morgan fingerprint density at radius 3 is 2.92 bits per heavy atom. The zero-order valence-electron chi connectivity index (χ0n) is 6.00. The normalized spacial score (nSPS) is 10.5. The molecule has 0 fully saturated rings. The van der Waals surface area contributed by atoms with E-state index in [1.807, 2.05) is 0 Å². The second-order valence-corrected chi connectivity index (χ2v) is 2.39. The summed E-state index contributed by atoms with van der Waals surface area (Å²) in [5.74, 6) is -0.593. The van der Waals surface area contributed by atoms with E-state index in [4.69, 9.17) is 11.6 Å². The van der Waals surface area contributed by atoms with Gasteiger partial charge in [0.1, 0.15) is 6.29 Å². The molecule has 0 aromatic carbocycles. The first-order chi connectivity index (χ1) is 5.74. The summed E-state index contributed by atoms with van der Waals surface area (Å²) in [6.07, 6.45) is 4.68. The molecule has 1 aromatic rings. The Bertz CT molecular complexity index is 325. The number of hydrogen-bond acceptors (Lipinski definition) is 2. The third kappa shape index (κ3) is 2.13. The minimum Gasteiger partial charge on any atom is -0.299 e. The van der Waals surface area contributed by atoms with Gasteiger partial charge in [0.25, 0.3) is 0 Å². The van der Waals surface area contributed by atoms with Gasteiger partial charge in [-0.05, 0) is 17.7 Å².